The van der Waals surface area contributed by atoms with Crippen molar-refractivity contribution in [3.8, 4) is 11.5 Å². The molecule has 1 heterocycles. The predicted molar refractivity (Wildman–Crippen MR) is 119 cm³/mol. The van der Waals surface area contributed by atoms with Gasteiger partial charge in [0.25, 0.3) is 5.91 Å². The third-order valence-corrected chi connectivity index (χ3v) is 5.50. The summed E-state index contributed by atoms with van der Waals surface area (Å²) in [7, 11) is 1.59. The maximum atomic E-state index is 12.7. The van der Waals surface area contributed by atoms with Crippen LogP contribution < -0.4 is 9.47 Å². The smallest absolute Gasteiger partial charge is 0.307 e. The standard InChI is InChI=1S/C21H27NO5S2/c1-4-6-12-26-16-8-7-15(13-17(16)25-3)14-18-20(24)22(21(28)29-18)10-9-19(23)27-11-5-2/h7-8,13-14H,4-6,9-12H2,1-3H3/b18-14-. The molecule has 0 N–H and O–H groups in total. The van der Waals surface area contributed by atoms with E-state index in [1.54, 1.807) is 13.2 Å². The fraction of sp³-hybridized carbons (Fsp3) is 0.476. The highest BCUT2D eigenvalue weighted by atomic mass is 32.2. The quantitative estimate of drug-likeness (QED) is 0.220. The molecule has 2 rings (SSSR count). The molecule has 0 atom stereocenters. The minimum atomic E-state index is -0.326. The van der Waals surface area contributed by atoms with E-state index < -0.39 is 0 Å². The van der Waals surface area contributed by atoms with Crippen LogP contribution in [0.1, 0.15) is 45.1 Å². The number of methoxy groups -OCH3 is 1. The second-order valence-electron chi connectivity index (χ2n) is 6.42. The van der Waals surface area contributed by atoms with Gasteiger partial charge in [-0.3, -0.25) is 14.5 Å². The molecule has 1 amide bonds. The zero-order chi connectivity index (χ0) is 21.2. The fourth-order valence-electron chi connectivity index (χ4n) is 2.55. The third-order valence-electron chi connectivity index (χ3n) is 4.12. The summed E-state index contributed by atoms with van der Waals surface area (Å²) in [5, 5.41) is 0. The first kappa shape index (κ1) is 23.2. The zero-order valence-electron chi connectivity index (χ0n) is 17.1. The number of carbonyl (C=O) groups excluding carboxylic acids is 2. The number of esters is 1. The Kier molecular flexibility index (Phi) is 9.47. The molecule has 1 aliphatic rings. The van der Waals surface area contributed by atoms with Gasteiger partial charge in [0.2, 0.25) is 0 Å². The van der Waals surface area contributed by atoms with Crippen LogP contribution in [-0.4, -0.2) is 48.0 Å². The molecule has 0 aromatic heterocycles. The second-order valence-corrected chi connectivity index (χ2v) is 8.09. The maximum absolute atomic E-state index is 12.7. The molecular formula is C21H27NO5S2. The second kappa shape index (κ2) is 11.8. The summed E-state index contributed by atoms with van der Waals surface area (Å²) >= 11 is 6.53. The Hall–Kier alpha value is -2.06. The average Bonchev–Trinajstić information content (AvgIpc) is 2.98. The van der Waals surface area contributed by atoms with Crippen LogP contribution >= 0.6 is 24.0 Å². The van der Waals surface area contributed by atoms with Crippen LogP contribution in [-0.2, 0) is 14.3 Å². The Morgan fingerprint density at radius 3 is 2.69 bits per heavy atom. The first-order valence-corrected chi connectivity index (χ1v) is 10.9. The summed E-state index contributed by atoms with van der Waals surface area (Å²) < 4.78 is 16.6. The van der Waals surface area contributed by atoms with Crippen molar-refractivity contribution in [1.82, 2.24) is 4.90 Å². The number of carbonyl (C=O) groups is 2. The molecule has 0 saturated carbocycles. The van der Waals surface area contributed by atoms with Crippen molar-refractivity contribution in [2.75, 3.05) is 26.9 Å². The zero-order valence-corrected chi connectivity index (χ0v) is 18.7. The van der Waals surface area contributed by atoms with Crippen molar-refractivity contribution < 1.29 is 23.8 Å². The van der Waals surface area contributed by atoms with Gasteiger partial charge in [-0.05, 0) is 36.6 Å². The van der Waals surface area contributed by atoms with E-state index in [0.717, 1.165) is 24.8 Å². The summed E-state index contributed by atoms with van der Waals surface area (Å²) in [5.41, 5.74) is 0.813. The molecule has 1 aromatic rings. The SMILES string of the molecule is CCCCOc1ccc(/C=C2\SC(=S)N(CCC(=O)OCCC)C2=O)cc1OC. The van der Waals surface area contributed by atoms with E-state index >= 15 is 0 Å². The van der Waals surface area contributed by atoms with Gasteiger partial charge in [0.15, 0.2) is 11.5 Å². The van der Waals surface area contributed by atoms with Crippen molar-refractivity contribution in [3.63, 3.8) is 0 Å². The van der Waals surface area contributed by atoms with Crippen molar-refractivity contribution >= 4 is 46.3 Å². The van der Waals surface area contributed by atoms with Crippen LogP contribution in [0.5, 0.6) is 11.5 Å². The lowest BCUT2D eigenvalue weighted by atomic mass is 10.2. The van der Waals surface area contributed by atoms with Crippen molar-refractivity contribution in [2.24, 2.45) is 0 Å². The first-order valence-electron chi connectivity index (χ1n) is 9.72. The van der Waals surface area contributed by atoms with E-state index in [1.165, 1.54) is 16.7 Å². The predicted octanol–water partition coefficient (Wildman–Crippen LogP) is 4.42. The molecule has 8 heteroatoms. The summed E-state index contributed by atoms with van der Waals surface area (Å²) in [6.45, 7) is 5.27. The van der Waals surface area contributed by atoms with Crippen LogP contribution in [0.2, 0.25) is 0 Å². The molecule has 29 heavy (non-hydrogen) atoms. The topological polar surface area (TPSA) is 65.1 Å². The van der Waals surface area contributed by atoms with Gasteiger partial charge in [0.1, 0.15) is 4.32 Å². The van der Waals surface area contributed by atoms with Crippen LogP contribution in [0.3, 0.4) is 0 Å². The number of thiocarbonyl (C=S) groups is 1. The minimum Gasteiger partial charge on any atom is -0.493 e. The molecule has 1 aliphatic heterocycles. The molecule has 1 fully saturated rings. The van der Waals surface area contributed by atoms with E-state index in [1.807, 2.05) is 25.1 Å². The van der Waals surface area contributed by atoms with Crippen LogP contribution in [0, 0.1) is 0 Å². The van der Waals surface area contributed by atoms with Gasteiger partial charge in [-0.15, -0.1) is 0 Å². The summed E-state index contributed by atoms with van der Waals surface area (Å²) in [6.07, 6.45) is 4.68. The van der Waals surface area contributed by atoms with Crippen molar-refractivity contribution in [2.45, 2.75) is 39.5 Å². The van der Waals surface area contributed by atoms with E-state index in [0.29, 0.717) is 33.9 Å². The number of hydrogen-bond donors (Lipinski definition) is 0. The highest BCUT2D eigenvalue weighted by Gasteiger charge is 2.32. The number of benzene rings is 1. The molecule has 0 bridgehead atoms. The van der Waals surface area contributed by atoms with Gasteiger partial charge >= 0.3 is 5.97 Å². The highest BCUT2D eigenvalue weighted by molar-refractivity contribution is 8.26. The van der Waals surface area contributed by atoms with Gasteiger partial charge in [-0.1, -0.05) is 50.3 Å². The summed E-state index contributed by atoms with van der Waals surface area (Å²) in [4.78, 5) is 26.3. The molecular weight excluding hydrogens is 410 g/mol. The Balaban J connectivity index is 2.05. The van der Waals surface area contributed by atoms with Crippen LogP contribution in [0.15, 0.2) is 23.1 Å². The lowest BCUT2D eigenvalue weighted by Crippen LogP contribution is -2.30. The van der Waals surface area contributed by atoms with E-state index in [9.17, 15) is 9.59 Å². The normalized spacial score (nSPS) is 15.1. The average molecular weight is 438 g/mol. The fourth-order valence-corrected chi connectivity index (χ4v) is 3.86. The van der Waals surface area contributed by atoms with Gasteiger partial charge in [-0.25, -0.2) is 0 Å². The Morgan fingerprint density at radius 2 is 2.00 bits per heavy atom. The Morgan fingerprint density at radius 1 is 1.21 bits per heavy atom. The first-order chi connectivity index (χ1) is 14.0. The van der Waals surface area contributed by atoms with Crippen molar-refractivity contribution in [3.05, 3.63) is 28.7 Å². The largest absolute Gasteiger partial charge is 0.493 e. The number of hydrogen-bond acceptors (Lipinski definition) is 7. The summed E-state index contributed by atoms with van der Waals surface area (Å²) in [5.74, 6) is 0.763. The maximum Gasteiger partial charge on any atom is 0.307 e. The molecule has 0 radical (unpaired) electrons. The molecule has 0 unspecified atom stereocenters. The number of amides is 1. The number of rotatable bonds is 11. The van der Waals surface area contributed by atoms with Gasteiger partial charge in [0.05, 0.1) is 31.6 Å². The molecule has 0 spiro atoms. The lowest BCUT2D eigenvalue weighted by Gasteiger charge is -2.13. The van der Waals surface area contributed by atoms with Crippen molar-refractivity contribution in [1.29, 1.82) is 0 Å². The molecule has 0 aliphatic carbocycles. The van der Waals surface area contributed by atoms with E-state index in [4.69, 9.17) is 26.4 Å². The van der Waals surface area contributed by atoms with Crippen LogP contribution in [0.4, 0.5) is 0 Å². The number of thioether (sulfide) groups is 1. The molecule has 6 nitrogen and oxygen atoms in total. The number of nitrogens with zero attached hydrogens (tertiary/aromatic N) is 1. The number of ether oxygens (including phenoxy) is 3. The van der Waals surface area contributed by atoms with Gasteiger partial charge in [-0.2, -0.15) is 0 Å². The molecule has 1 saturated heterocycles. The van der Waals surface area contributed by atoms with Gasteiger partial charge in [0, 0.05) is 6.54 Å². The molecule has 1 aromatic carbocycles. The van der Waals surface area contributed by atoms with E-state index in [-0.39, 0.29) is 24.8 Å². The highest BCUT2D eigenvalue weighted by Crippen LogP contribution is 2.34. The Labute approximate surface area is 181 Å². The Bertz CT molecular complexity index is 778. The van der Waals surface area contributed by atoms with Crippen LogP contribution in [0.25, 0.3) is 6.08 Å². The monoisotopic (exact) mass is 437 g/mol. The van der Waals surface area contributed by atoms with Gasteiger partial charge < -0.3 is 14.2 Å². The third kappa shape index (κ3) is 6.75. The minimum absolute atomic E-state index is 0.122. The van der Waals surface area contributed by atoms with E-state index in [2.05, 4.69) is 6.92 Å². The number of unbranched alkanes of at least 4 members (excludes halogenated alkanes) is 1. The molecule has 158 valence electrons. The summed E-state index contributed by atoms with van der Waals surface area (Å²) in [6, 6.07) is 5.54. The lowest BCUT2D eigenvalue weighted by molar-refractivity contribution is -0.143.